The molecule has 5 nitrogen and oxygen atoms in total. The second kappa shape index (κ2) is 10.5. The summed E-state index contributed by atoms with van der Waals surface area (Å²) in [5.74, 6) is 0.524. The Hall–Kier alpha value is -4.51. The molecule has 0 fully saturated rings. The zero-order valence-electron chi connectivity index (χ0n) is 21.8. The van der Waals surface area contributed by atoms with Crippen LogP contribution in [0.1, 0.15) is 52.1 Å². The van der Waals surface area contributed by atoms with Crippen LogP contribution in [-0.4, -0.2) is 30.1 Å². The third-order valence-corrected chi connectivity index (χ3v) is 6.74. The first kappa shape index (κ1) is 25.2. The minimum atomic E-state index is -0.273. The van der Waals surface area contributed by atoms with Crippen molar-refractivity contribution in [2.45, 2.75) is 32.2 Å². The number of rotatable bonds is 7. The van der Waals surface area contributed by atoms with Crippen molar-refractivity contribution < 1.29 is 14.3 Å². The molecule has 5 rings (SSSR count). The van der Waals surface area contributed by atoms with Crippen LogP contribution in [-0.2, 0) is 6.42 Å². The molecule has 0 bridgehead atoms. The molecule has 5 heteroatoms. The Kier molecular flexibility index (Phi) is 6.93. The number of methoxy groups -OCH3 is 1. The predicted molar refractivity (Wildman–Crippen MR) is 153 cm³/mol. The maximum absolute atomic E-state index is 13.2. The lowest BCUT2D eigenvalue weighted by atomic mass is 9.85. The van der Waals surface area contributed by atoms with Gasteiger partial charge in [-0.25, -0.2) is 0 Å². The Morgan fingerprint density at radius 2 is 1.50 bits per heavy atom. The number of fused-ring (bicyclic) bond motifs is 1. The van der Waals surface area contributed by atoms with E-state index in [1.807, 2.05) is 66.7 Å². The number of ether oxygens (including phenoxy) is 1. The van der Waals surface area contributed by atoms with Gasteiger partial charge < -0.3 is 10.1 Å². The molecule has 0 aromatic heterocycles. The summed E-state index contributed by atoms with van der Waals surface area (Å²) in [7, 11) is 1.64. The highest BCUT2D eigenvalue weighted by Gasteiger charge is 2.28. The maximum Gasteiger partial charge on any atom is 0.255 e. The van der Waals surface area contributed by atoms with E-state index < -0.39 is 0 Å². The van der Waals surface area contributed by atoms with E-state index in [1.165, 1.54) is 5.56 Å². The Bertz CT molecular complexity index is 1500. The molecular weight excluding hydrogens is 472 g/mol. The largest absolute Gasteiger partial charge is 0.497 e. The second-order valence-electron chi connectivity index (χ2n) is 10.1. The molecule has 1 N–H and O–H groups in total. The molecule has 1 aliphatic rings. The van der Waals surface area contributed by atoms with Gasteiger partial charge in [-0.3, -0.25) is 14.6 Å². The third-order valence-electron chi connectivity index (χ3n) is 6.74. The summed E-state index contributed by atoms with van der Waals surface area (Å²) in [6, 6.07) is 30.5. The van der Waals surface area contributed by atoms with Crippen LogP contribution in [0.15, 0.2) is 102 Å². The van der Waals surface area contributed by atoms with Crippen LogP contribution in [0.25, 0.3) is 11.1 Å². The smallest absolute Gasteiger partial charge is 0.255 e. The molecule has 0 saturated carbocycles. The predicted octanol–water partition coefficient (Wildman–Crippen LogP) is 7.01. The number of nitrogens with zero attached hydrogens (tertiary/aromatic N) is 1. The highest BCUT2D eigenvalue weighted by atomic mass is 16.5. The van der Waals surface area contributed by atoms with Crippen LogP contribution in [0.2, 0.25) is 0 Å². The third kappa shape index (κ3) is 5.57. The number of aliphatic imine (C=N–C) groups is 1. The van der Waals surface area contributed by atoms with Gasteiger partial charge >= 0.3 is 0 Å². The van der Waals surface area contributed by atoms with E-state index in [2.05, 4.69) is 25.2 Å². The van der Waals surface area contributed by atoms with Gasteiger partial charge in [0.25, 0.3) is 5.91 Å². The van der Waals surface area contributed by atoms with Crippen molar-refractivity contribution in [3.05, 3.63) is 119 Å². The van der Waals surface area contributed by atoms with E-state index in [4.69, 9.17) is 9.73 Å². The number of benzene rings is 4. The molecule has 1 amide bonds. The summed E-state index contributed by atoms with van der Waals surface area (Å²) in [4.78, 5) is 30.9. The molecule has 0 saturated heterocycles. The lowest BCUT2D eigenvalue weighted by Crippen LogP contribution is -2.30. The van der Waals surface area contributed by atoms with Crippen LogP contribution in [0.5, 0.6) is 5.75 Å². The maximum atomic E-state index is 13.2. The lowest BCUT2D eigenvalue weighted by Gasteiger charge is -2.29. The van der Waals surface area contributed by atoms with E-state index >= 15 is 0 Å². The zero-order chi connectivity index (χ0) is 26.7. The van der Waals surface area contributed by atoms with Crippen LogP contribution in [0.3, 0.4) is 0 Å². The molecule has 190 valence electrons. The van der Waals surface area contributed by atoms with Crippen LogP contribution >= 0.6 is 0 Å². The fraction of sp³-hybridized carbons (Fsp3) is 0.182. The quantitative estimate of drug-likeness (QED) is 0.276. The second-order valence-corrected chi connectivity index (χ2v) is 10.1. The normalized spacial score (nSPS) is 13.7. The standard InChI is InChI=1S/C33H30N2O3/c1-33(2)21-26-15-18-28(38-3)19-29(26)30(35-33)20-31(36)24-13-16-27(17-14-24)34-32(37)25-11-9-23(10-12-25)22-7-5-4-6-8-22/h4-19H,20-21H2,1-3H3,(H,34,37). The zero-order valence-corrected chi connectivity index (χ0v) is 21.8. The molecule has 4 aromatic rings. The molecule has 0 aliphatic carbocycles. The van der Waals surface area contributed by atoms with E-state index in [0.29, 0.717) is 16.8 Å². The van der Waals surface area contributed by atoms with Gasteiger partial charge in [0.1, 0.15) is 5.75 Å². The Labute approximate surface area is 223 Å². The van der Waals surface area contributed by atoms with Gasteiger partial charge in [0.05, 0.1) is 24.8 Å². The minimum Gasteiger partial charge on any atom is -0.497 e. The summed E-state index contributed by atoms with van der Waals surface area (Å²) in [5.41, 5.74) is 6.57. The fourth-order valence-corrected chi connectivity index (χ4v) is 4.81. The van der Waals surface area contributed by atoms with Gasteiger partial charge in [0.2, 0.25) is 0 Å². The fourth-order valence-electron chi connectivity index (χ4n) is 4.81. The van der Waals surface area contributed by atoms with Crippen molar-refractivity contribution in [1.29, 1.82) is 0 Å². The number of carbonyl (C=O) groups is 2. The first-order chi connectivity index (χ1) is 18.3. The molecule has 0 spiro atoms. The van der Waals surface area contributed by atoms with Crippen LogP contribution in [0, 0.1) is 0 Å². The molecule has 1 heterocycles. The van der Waals surface area contributed by atoms with Gasteiger partial charge in [0, 0.05) is 22.4 Å². The average Bonchev–Trinajstić information content (AvgIpc) is 2.93. The number of hydrogen-bond acceptors (Lipinski definition) is 4. The number of Topliss-reactive ketones (excluding diaryl/α,β-unsaturated/α-hetero) is 1. The number of carbonyl (C=O) groups excluding carboxylic acids is 2. The van der Waals surface area contributed by atoms with Gasteiger partial charge in [-0.05, 0) is 85.5 Å². The van der Waals surface area contributed by atoms with Crippen molar-refractivity contribution in [2.24, 2.45) is 4.99 Å². The summed E-state index contributed by atoms with van der Waals surface area (Å²) in [6.07, 6.45) is 1.01. The van der Waals surface area contributed by atoms with Crippen molar-refractivity contribution in [2.75, 3.05) is 12.4 Å². The molecule has 0 radical (unpaired) electrons. The molecule has 38 heavy (non-hydrogen) atoms. The monoisotopic (exact) mass is 502 g/mol. The number of hydrogen-bond donors (Lipinski definition) is 1. The number of amides is 1. The Balaban J connectivity index is 1.26. The van der Waals surface area contributed by atoms with Crippen LogP contribution in [0.4, 0.5) is 5.69 Å². The van der Waals surface area contributed by atoms with Gasteiger partial charge in [0.15, 0.2) is 5.78 Å². The van der Waals surface area contributed by atoms with E-state index in [0.717, 1.165) is 34.6 Å². The lowest BCUT2D eigenvalue weighted by molar-refractivity contribution is 0.0998. The first-order valence-corrected chi connectivity index (χ1v) is 12.7. The Morgan fingerprint density at radius 3 is 2.18 bits per heavy atom. The first-order valence-electron chi connectivity index (χ1n) is 12.7. The van der Waals surface area contributed by atoms with E-state index in [-0.39, 0.29) is 23.7 Å². The summed E-state index contributed by atoms with van der Waals surface area (Å²) < 4.78 is 5.40. The number of anilines is 1. The molecule has 0 unspecified atom stereocenters. The van der Waals surface area contributed by atoms with E-state index in [1.54, 1.807) is 31.4 Å². The van der Waals surface area contributed by atoms with Gasteiger partial charge in [-0.15, -0.1) is 0 Å². The molecule has 0 atom stereocenters. The molecular formula is C33H30N2O3. The topological polar surface area (TPSA) is 67.8 Å². The molecule has 4 aromatic carbocycles. The number of nitrogens with one attached hydrogen (secondary N) is 1. The highest BCUT2D eigenvalue weighted by molar-refractivity contribution is 6.17. The SMILES string of the molecule is COc1ccc2c(c1)C(CC(=O)c1ccc(NC(=O)c3ccc(-c4ccccc4)cc3)cc1)=NC(C)(C)C2. The molecule has 1 aliphatic heterocycles. The van der Waals surface area contributed by atoms with Crippen molar-refractivity contribution in [3.63, 3.8) is 0 Å². The van der Waals surface area contributed by atoms with Gasteiger partial charge in [-0.1, -0.05) is 48.5 Å². The van der Waals surface area contributed by atoms with Crippen molar-refractivity contribution >= 4 is 23.1 Å². The summed E-state index contributed by atoms with van der Waals surface area (Å²) >= 11 is 0. The number of ketones is 1. The summed E-state index contributed by atoms with van der Waals surface area (Å²) in [5, 5.41) is 2.91. The average molecular weight is 503 g/mol. The van der Waals surface area contributed by atoms with Crippen molar-refractivity contribution in [3.8, 4) is 16.9 Å². The summed E-state index contributed by atoms with van der Waals surface area (Å²) in [6.45, 7) is 4.16. The van der Waals surface area contributed by atoms with E-state index in [9.17, 15) is 9.59 Å². The van der Waals surface area contributed by atoms with Gasteiger partial charge in [-0.2, -0.15) is 0 Å². The van der Waals surface area contributed by atoms with Crippen LogP contribution < -0.4 is 10.1 Å². The minimum absolute atomic E-state index is 0.0235. The van der Waals surface area contributed by atoms with Crippen molar-refractivity contribution in [1.82, 2.24) is 0 Å². The highest BCUT2D eigenvalue weighted by Crippen LogP contribution is 2.31. The Morgan fingerprint density at radius 1 is 0.842 bits per heavy atom.